The second-order valence-electron chi connectivity index (χ2n) is 4.52. The summed E-state index contributed by atoms with van der Waals surface area (Å²) in [6.45, 7) is 4.08. The molecule has 1 fully saturated rings. The number of likely N-dealkylation sites (tertiary alicyclic amines) is 1. The second kappa shape index (κ2) is 5.38. The number of aromatic hydroxyl groups is 1. The number of rotatable bonds is 3. The maximum Gasteiger partial charge on any atom is 0.120 e. The summed E-state index contributed by atoms with van der Waals surface area (Å²) < 4.78 is 6.37. The van der Waals surface area contributed by atoms with E-state index in [-0.39, 0.29) is 6.04 Å². The Morgan fingerprint density at radius 3 is 2.94 bits per heavy atom. The molecule has 0 radical (unpaired) electrons. The van der Waals surface area contributed by atoms with E-state index in [9.17, 15) is 5.11 Å². The molecule has 1 heterocycles. The van der Waals surface area contributed by atoms with Gasteiger partial charge in [-0.1, -0.05) is 15.9 Å². The minimum Gasteiger partial charge on any atom is -0.508 e. The first-order valence-electron chi connectivity index (χ1n) is 5.87. The number of ether oxygens (including phenoxy) is 1. The molecule has 2 rings (SSSR count). The lowest BCUT2D eigenvalue weighted by Gasteiger charge is -2.25. The van der Waals surface area contributed by atoms with Crippen molar-refractivity contribution in [3.8, 4) is 5.75 Å². The molecule has 3 nitrogen and oxygen atoms in total. The lowest BCUT2D eigenvalue weighted by Crippen LogP contribution is -2.26. The van der Waals surface area contributed by atoms with Crippen molar-refractivity contribution in [2.24, 2.45) is 0 Å². The van der Waals surface area contributed by atoms with Crippen LogP contribution in [0.1, 0.15) is 24.9 Å². The first-order chi connectivity index (χ1) is 8.11. The van der Waals surface area contributed by atoms with Crippen molar-refractivity contribution >= 4 is 15.9 Å². The zero-order valence-electron chi connectivity index (χ0n) is 10.2. The molecule has 1 saturated heterocycles. The standard InChI is InChI=1S/C13H18BrNO2/c1-9(15-6-5-11(8-15)17-2)12-7-10(14)3-4-13(12)16/h3-4,7,9,11,16H,5-6,8H2,1-2H3. The highest BCUT2D eigenvalue weighted by atomic mass is 79.9. The van der Waals surface area contributed by atoms with Crippen LogP contribution in [0.5, 0.6) is 5.75 Å². The Balaban J connectivity index is 2.14. The molecule has 1 N–H and O–H groups in total. The molecule has 94 valence electrons. The van der Waals surface area contributed by atoms with E-state index >= 15 is 0 Å². The van der Waals surface area contributed by atoms with E-state index in [0.29, 0.717) is 11.9 Å². The fourth-order valence-electron chi connectivity index (χ4n) is 2.35. The number of hydrogen-bond acceptors (Lipinski definition) is 3. The maximum atomic E-state index is 9.91. The minimum atomic E-state index is 0.215. The first-order valence-corrected chi connectivity index (χ1v) is 6.66. The molecule has 1 aromatic rings. The van der Waals surface area contributed by atoms with Crippen molar-refractivity contribution in [3.05, 3.63) is 28.2 Å². The van der Waals surface area contributed by atoms with Crippen LogP contribution in [0.15, 0.2) is 22.7 Å². The van der Waals surface area contributed by atoms with E-state index in [1.165, 1.54) is 0 Å². The minimum absolute atomic E-state index is 0.215. The molecule has 2 atom stereocenters. The molecule has 2 unspecified atom stereocenters. The predicted molar refractivity (Wildman–Crippen MR) is 71.2 cm³/mol. The van der Waals surface area contributed by atoms with Crippen molar-refractivity contribution in [1.82, 2.24) is 4.90 Å². The molecule has 0 aliphatic carbocycles. The molecule has 4 heteroatoms. The van der Waals surface area contributed by atoms with Crippen LogP contribution in [0.25, 0.3) is 0 Å². The van der Waals surface area contributed by atoms with Gasteiger partial charge in [-0.05, 0) is 31.5 Å². The third-order valence-corrected chi connectivity index (χ3v) is 3.99. The van der Waals surface area contributed by atoms with Gasteiger partial charge < -0.3 is 9.84 Å². The van der Waals surface area contributed by atoms with Crippen LogP contribution in [0.3, 0.4) is 0 Å². The van der Waals surface area contributed by atoms with Gasteiger partial charge in [-0.2, -0.15) is 0 Å². The number of hydrogen-bond donors (Lipinski definition) is 1. The summed E-state index contributed by atoms with van der Waals surface area (Å²) in [4.78, 5) is 2.34. The maximum absolute atomic E-state index is 9.91. The molecular weight excluding hydrogens is 282 g/mol. The summed E-state index contributed by atoms with van der Waals surface area (Å²) >= 11 is 3.44. The van der Waals surface area contributed by atoms with Crippen molar-refractivity contribution < 1.29 is 9.84 Å². The lowest BCUT2D eigenvalue weighted by molar-refractivity contribution is 0.102. The Bertz CT molecular complexity index is 397. The molecule has 17 heavy (non-hydrogen) atoms. The molecule has 1 aliphatic rings. The van der Waals surface area contributed by atoms with Crippen LogP contribution < -0.4 is 0 Å². The van der Waals surface area contributed by atoms with Gasteiger partial charge in [0.15, 0.2) is 0 Å². The predicted octanol–water partition coefficient (Wildman–Crippen LogP) is 2.94. The fraction of sp³-hybridized carbons (Fsp3) is 0.538. The molecule has 1 aromatic carbocycles. The number of phenols is 1. The average Bonchev–Trinajstić information content (AvgIpc) is 2.80. The molecule has 0 saturated carbocycles. The van der Waals surface area contributed by atoms with Gasteiger partial charge in [-0.3, -0.25) is 4.90 Å². The number of benzene rings is 1. The van der Waals surface area contributed by atoms with Gasteiger partial charge in [0.05, 0.1) is 6.10 Å². The van der Waals surface area contributed by atoms with Gasteiger partial charge in [0.25, 0.3) is 0 Å². The Labute approximate surface area is 111 Å². The Kier molecular flexibility index (Phi) is 4.07. The van der Waals surface area contributed by atoms with Crippen molar-refractivity contribution in [3.63, 3.8) is 0 Å². The van der Waals surface area contributed by atoms with Gasteiger partial charge in [0, 0.05) is 36.3 Å². The molecule has 1 aliphatic heterocycles. The van der Waals surface area contributed by atoms with E-state index in [4.69, 9.17) is 4.74 Å². The Morgan fingerprint density at radius 1 is 1.53 bits per heavy atom. The highest BCUT2D eigenvalue weighted by Gasteiger charge is 2.27. The van der Waals surface area contributed by atoms with Gasteiger partial charge in [-0.15, -0.1) is 0 Å². The highest BCUT2D eigenvalue weighted by molar-refractivity contribution is 9.10. The van der Waals surface area contributed by atoms with E-state index in [1.54, 1.807) is 13.2 Å². The smallest absolute Gasteiger partial charge is 0.120 e. The normalized spacial score (nSPS) is 22.9. The SMILES string of the molecule is COC1CCN(C(C)c2cc(Br)ccc2O)C1. The summed E-state index contributed by atoms with van der Waals surface area (Å²) in [5, 5.41) is 9.91. The van der Waals surface area contributed by atoms with Gasteiger partial charge >= 0.3 is 0 Å². The third-order valence-electron chi connectivity index (χ3n) is 3.50. The van der Waals surface area contributed by atoms with Crippen LogP contribution >= 0.6 is 15.9 Å². The monoisotopic (exact) mass is 299 g/mol. The molecule has 0 aromatic heterocycles. The van der Waals surface area contributed by atoms with E-state index in [0.717, 1.165) is 29.5 Å². The molecular formula is C13H18BrNO2. The second-order valence-corrected chi connectivity index (χ2v) is 5.44. The van der Waals surface area contributed by atoms with Crippen LogP contribution in [-0.2, 0) is 4.74 Å². The first kappa shape index (κ1) is 12.9. The molecule has 0 spiro atoms. The van der Waals surface area contributed by atoms with Crippen LogP contribution in [0, 0.1) is 0 Å². The van der Waals surface area contributed by atoms with E-state index < -0.39 is 0 Å². The van der Waals surface area contributed by atoms with Gasteiger partial charge in [0.2, 0.25) is 0 Å². The molecule has 0 bridgehead atoms. The lowest BCUT2D eigenvalue weighted by atomic mass is 10.1. The summed E-state index contributed by atoms with van der Waals surface area (Å²) in [6.07, 6.45) is 1.39. The summed E-state index contributed by atoms with van der Waals surface area (Å²) in [6, 6.07) is 5.79. The van der Waals surface area contributed by atoms with Crippen LogP contribution in [0.4, 0.5) is 0 Å². The van der Waals surface area contributed by atoms with Crippen LogP contribution in [-0.4, -0.2) is 36.3 Å². The zero-order valence-corrected chi connectivity index (χ0v) is 11.8. The summed E-state index contributed by atoms with van der Waals surface area (Å²) in [5.74, 6) is 0.363. The van der Waals surface area contributed by atoms with Crippen LogP contribution in [0.2, 0.25) is 0 Å². The van der Waals surface area contributed by atoms with E-state index in [2.05, 4.69) is 27.8 Å². The molecule has 0 amide bonds. The third kappa shape index (κ3) is 2.81. The Morgan fingerprint density at radius 2 is 2.29 bits per heavy atom. The Hall–Kier alpha value is -0.580. The van der Waals surface area contributed by atoms with Gasteiger partial charge in [0.1, 0.15) is 5.75 Å². The largest absolute Gasteiger partial charge is 0.508 e. The summed E-state index contributed by atoms with van der Waals surface area (Å²) in [7, 11) is 1.76. The summed E-state index contributed by atoms with van der Waals surface area (Å²) in [5.41, 5.74) is 0.969. The zero-order chi connectivity index (χ0) is 12.4. The fourth-order valence-corrected chi connectivity index (χ4v) is 2.73. The van der Waals surface area contributed by atoms with E-state index in [1.807, 2.05) is 12.1 Å². The average molecular weight is 300 g/mol. The number of halogens is 1. The van der Waals surface area contributed by atoms with Gasteiger partial charge in [-0.25, -0.2) is 0 Å². The highest BCUT2D eigenvalue weighted by Crippen LogP contribution is 2.33. The van der Waals surface area contributed by atoms with Crippen molar-refractivity contribution in [1.29, 1.82) is 0 Å². The van der Waals surface area contributed by atoms with Crippen molar-refractivity contribution in [2.75, 3.05) is 20.2 Å². The number of methoxy groups -OCH3 is 1. The topological polar surface area (TPSA) is 32.7 Å². The number of nitrogens with zero attached hydrogens (tertiary/aromatic N) is 1. The quantitative estimate of drug-likeness (QED) is 0.931. The number of phenolic OH excluding ortho intramolecular Hbond substituents is 1. The van der Waals surface area contributed by atoms with Crippen molar-refractivity contribution in [2.45, 2.75) is 25.5 Å².